The monoisotopic (exact) mass is 460 g/mol. The van der Waals surface area contributed by atoms with Crippen LogP contribution in [0, 0.1) is 11.6 Å². The number of ether oxygens (including phenoxy) is 2. The van der Waals surface area contributed by atoms with Gasteiger partial charge in [-0.2, -0.15) is 0 Å². The first-order valence-electron chi connectivity index (χ1n) is 10.4. The Morgan fingerprint density at radius 1 is 1.15 bits per heavy atom. The molecule has 2 amide bonds. The molecule has 4 rings (SSSR count). The van der Waals surface area contributed by atoms with Crippen LogP contribution < -0.4 is 10.1 Å². The van der Waals surface area contributed by atoms with Gasteiger partial charge in [-0.25, -0.2) is 8.78 Å². The highest BCUT2D eigenvalue weighted by Gasteiger charge is 2.39. The number of carbonyl (C=O) groups excluding carboxylic acids is 2. The third-order valence-corrected chi connectivity index (χ3v) is 5.85. The second kappa shape index (κ2) is 9.14. The minimum Gasteiger partial charge on any atom is -0.490 e. The minimum atomic E-state index is -1.14. The lowest BCUT2D eigenvalue weighted by Gasteiger charge is -2.42. The smallest absolute Gasteiger partial charge is 0.305 e. The average molecular weight is 460 g/mol. The lowest BCUT2D eigenvalue weighted by Crippen LogP contribution is -2.53. The van der Waals surface area contributed by atoms with Gasteiger partial charge < -0.3 is 24.8 Å². The summed E-state index contributed by atoms with van der Waals surface area (Å²) in [5.74, 6) is -3.85. The molecule has 33 heavy (non-hydrogen) atoms. The van der Waals surface area contributed by atoms with Crippen LogP contribution in [0.2, 0.25) is 0 Å². The Labute approximate surface area is 188 Å². The largest absolute Gasteiger partial charge is 0.490 e. The number of hydrogen-bond donors (Lipinski definition) is 2. The normalized spacial score (nSPS) is 22.3. The Bertz CT molecular complexity index is 1110. The lowest BCUT2D eigenvalue weighted by atomic mass is 9.94. The number of aliphatic carboxylic acids is 1. The quantitative estimate of drug-likeness (QED) is 0.727. The van der Waals surface area contributed by atoms with E-state index in [1.165, 1.54) is 18.2 Å². The third kappa shape index (κ3) is 4.80. The lowest BCUT2D eigenvalue weighted by molar-refractivity contribution is -0.148. The Hall–Kier alpha value is -3.53. The van der Waals surface area contributed by atoms with E-state index in [0.717, 1.165) is 18.2 Å². The van der Waals surface area contributed by atoms with Crippen molar-refractivity contribution >= 4 is 23.5 Å². The van der Waals surface area contributed by atoms with Crippen LogP contribution in [0.4, 0.5) is 14.5 Å². The van der Waals surface area contributed by atoms with E-state index in [9.17, 15) is 23.2 Å². The minimum absolute atomic E-state index is 0.0709. The zero-order chi connectivity index (χ0) is 23.7. The third-order valence-electron chi connectivity index (χ3n) is 5.85. The summed E-state index contributed by atoms with van der Waals surface area (Å²) in [5, 5.41) is 11.6. The fourth-order valence-electron chi connectivity index (χ4n) is 4.14. The highest BCUT2D eigenvalue weighted by molar-refractivity contribution is 6.05. The molecule has 2 aromatic carbocycles. The SMILES string of the molecule is CN1C(=O)c2cc(NC(=O)c3ccc(F)c(F)c3)ccc2OC[C@H]2O[C@@H](CC(=O)O)CC[C@@H]21. The number of carboxylic acids is 1. The van der Waals surface area contributed by atoms with Crippen LogP contribution >= 0.6 is 0 Å². The second-order valence-corrected chi connectivity index (χ2v) is 8.06. The standard InChI is InChI=1S/C23H22F2N2O6/c1-27-18-6-4-14(10-21(28)29)33-20(18)11-32-19-7-3-13(9-15(19)23(27)31)26-22(30)12-2-5-16(24)17(25)8-12/h2-3,5,7-9,14,18,20H,4,6,10-11H2,1H3,(H,26,30)(H,28,29)/t14-,18+,20-/m1/s1. The van der Waals surface area contributed by atoms with Crippen LogP contribution in [-0.2, 0) is 9.53 Å². The van der Waals surface area contributed by atoms with Gasteiger partial charge >= 0.3 is 5.97 Å². The molecular weight excluding hydrogens is 438 g/mol. The Balaban J connectivity index is 1.53. The number of anilines is 1. The van der Waals surface area contributed by atoms with Crippen molar-refractivity contribution in [1.82, 2.24) is 4.90 Å². The number of amides is 2. The maximum absolute atomic E-state index is 13.4. The predicted octanol–water partition coefficient (Wildman–Crippen LogP) is 3.07. The summed E-state index contributed by atoms with van der Waals surface area (Å²) in [6.07, 6.45) is 0.0400. The highest BCUT2D eigenvalue weighted by Crippen LogP contribution is 2.32. The summed E-state index contributed by atoms with van der Waals surface area (Å²) in [7, 11) is 1.64. The topological polar surface area (TPSA) is 105 Å². The summed E-state index contributed by atoms with van der Waals surface area (Å²) in [5.41, 5.74) is 0.442. The van der Waals surface area contributed by atoms with Gasteiger partial charge in [-0.1, -0.05) is 0 Å². The van der Waals surface area contributed by atoms with E-state index in [-0.39, 0.29) is 41.8 Å². The zero-order valence-electron chi connectivity index (χ0n) is 17.7. The summed E-state index contributed by atoms with van der Waals surface area (Å²) in [4.78, 5) is 38.2. The van der Waals surface area contributed by atoms with Gasteiger partial charge in [0.25, 0.3) is 11.8 Å². The van der Waals surface area contributed by atoms with Crippen LogP contribution in [-0.4, -0.2) is 59.7 Å². The molecular formula is C23H22F2N2O6. The van der Waals surface area contributed by atoms with Gasteiger partial charge in [-0.3, -0.25) is 14.4 Å². The number of likely N-dealkylation sites (N-methyl/N-ethyl adjacent to an activating group) is 1. The van der Waals surface area contributed by atoms with Crippen molar-refractivity contribution in [2.75, 3.05) is 19.0 Å². The van der Waals surface area contributed by atoms with Gasteiger partial charge in [0.15, 0.2) is 11.6 Å². The number of nitrogens with zero attached hydrogens (tertiary/aromatic N) is 1. The van der Waals surface area contributed by atoms with E-state index in [0.29, 0.717) is 18.6 Å². The van der Waals surface area contributed by atoms with Crippen LogP contribution in [0.25, 0.3) is 0 Å². The number of hydrogen-bond acceptors (Lipinski definition) is 5. The molecule has 2 heterocycles. The van der Waals surface area contributed by atoms with Gasteiger partial charge in [-0.05, 0) is 49.2 Å². The molecule has 0 aliphatic carbocycles. The van der Waals surface area contributed by atoms with Gasteiger partial charge in [0, 0.05) is 18.3 Å². The van der Waals surface area contributed by atoms with E-state index in [4.69, 9.17) is 14.6 Å². The number of carbonyl (C=O) groups is 3. The van der Waals surface area contributed by atoms with Crippen molar-refractivity contribution < 1.29 is 37.7 Å². The summed E-state index contributed by atoms with van der Waals surface area (Å²) >= 11 is 0. The van der Waals surface area contributed by atoms with Gasteiger partial charge in [0.1, 0.15) is 18.5 Å². The van der Waals surface area contributed by atoms with E-state index >= 15 is 0 Å². The molecule has 2 aliphatic heterocycles. The van der Waals surface area contributed by atoms with E-state index in [1.807, 2.05) is 0 Å². The predicted molar refractivity (Wildman–Crippen MR) is 112 cm³/mol. The molecule has 0 spiro atoms. The molecule has 0 saturated carbocycles. The van der Waals surface area contributed by atoms with E-state index in [2.05, 4.69) is 5.32 Å². The van der Waals surface area contributed by atoms with E-state index in [1.54, 1.807) is 11.9 Å². The van der Waals surface area contributed by atoms with Crippen molar-refractivity contribution in [3.8, 4) is 5.75 Å². The molecule has 0 bridgehead atoms. The number of carboxylic acid groups (broad SMARTS) is 1. The molecule has 0 radical (unpaired) electrons. The zero-order valence-corrected chi connectivity index (χ0v) is 17.7. The number of benzene rings is 2. The second-order valence-electron chi connectivity index (χ2n) is 8.06. The number of fused-ring (bicyclic) bond motifs is 2. The molecule has 2 aliphatic rings. The van der Waals surface area contributed by atoms with Crippen molar-refractivity contribution in [3.63, 3.8) is 0 Å². The van der Waals surface area contributed by atoms with Crippen LogP contribution in [0.5, 0.6) is 5.75 Å². The molecule has 3 atom stereocenters. The molecule has 174 valence electrons. The first kappa shape index (κ1) is 22.7. The van der Waals surface area contributed by atoms with Gasteiger partial charge in [0.05, 0.1) is 24.1 Å². The maximum atomic E-state index is 13.4. The first-order chi connectivity index (χ1) is 15.7. The maximum Gasteiger partial charge on any atom is 0.305 e. The summed E-state index contributed by atoms with van der Waals surface area (Å²) in [6.45, 7) is 0.131. The van der Waals surface area contributed by atoms with Crippen molar-refractivity contribution in [2.24, 2.45) is 0 Å². The van der Waals surface area contributed by atoms with Crippen molar-refractivity contribution in [2.45, 2.75) is 37.5 Å². The van der Waals surface area contributed by atoms with Crippen molar-refractivity contribution in [1.29, 1.82) is 0 Å². The highest BCUT2D eigenvalue weighted by atomic mass is 19.2. The van der Waals surface area contributed by atoms with Crippen molar-refractivity contribution in [3.05, 3.63) is 59.2 Å². The Morgan fingerprint density at radius 3 is 2.67 bits per heavy atom. The van der Waals surface area contributed by atoms with Crippen LogP contribution in [0.15, 0.2) is 36.4 Å². The fraction of sp³-hybridized carbons (Fsp3) is 0.348. The van der Waals surface area contributed by atoms with Crippen LogP contribution in [0.3, 0.4) is 0 Å². The Morgan fingerprint density at radius 2 is 1.94 bits per heavy atom. The number of halogens is 2. The van der Waals surface area contributed by atoms with Gasteiger partial charge in [-0.15, -0.1) is 0 Å². The molecule has 0 aromatic heterocycles. The molecule has 1 fully saturated rings. The number of rotatable bonds is 4. The fourth-order valence-corrected chi connectivity index (χ4v) is 4.14. The Kier molecular flexibility index (Phi) is 6.28. The summed E-state index contributed by atoms with van der Waals surface area (Å²) < 4.78 is 38.3. The molecule has 1 saturated heterocycles. The molecule has 2 N–H and O–H groups in total. The van der Waals surface area contributed by atoms with E-state index < -0.39 is 35.7 Å². The van der Waals surface area contributed by atoms with Crippen LogP contribution in [0.1, 0.15) is 40.0 Å². The molecule has 2 aromatic rings. The molecule has 8 nitrogen and oxygen atoms in total. The summed E-state index contributed by atoms with van der Waals surface area (Å²) in [6, 6.07) is 7.03. The number of nitrogens with one attached hydrogen (secondary N) is 1. The molecule has 10 heteroatoms. The first-order valence-corrected chi connectivity index (χ1v) is 10.4. The molecule has 0 unspecified atom stereocenters. The van der Waals surface area contributed by atoms with Gasteiger partial charge in [0.2, 0.25) is 0 Å². The average Bonchev–Trinajstić information content (AvgIpc) is 2.78.